The molecule has 3 atom stereocenters. The minimum absolute atomic E-state index is 0.0339. The predicted molar refractivity (Wildman–Crippen MR) is 98.9 cm³/mol. The molecule has 152 valence electrons. The maximum Gasteiger partial charge on any atom is 0.310 e. The molecule has 2 aromatic rings. The summed E-state index contributed by atoms with van der Waals surface area (Å²) in [6.07, 6.45) is 0.497. The Balaban J connectivity index is 1.75. The number of cyclic esters (lactones) is 1. The molecule has 0 aromatic heterocycles. The minimum Gasteiger partial charge on any atom is -0.504 e. The van der Waals surface area contributed by atoms with E-state index in [9.17, 15) is 15.0 Å². The Morgan fingerprint density at radius 2 is 1.72 bits per heavy atom. The van der Waals surface area contributed by atoms with Gasteiger partial charge < -0.3 is 33.9 Å². The van der Waals surface area contributed by atoms with Gasteiger partial charge in [0, 0.05) is 17.4 Å². The van der Waals surface area contributed by atoms with E-state index in [4.69, 9.17) is 23.7 Å². The molecule has 2 aliphatic heterocycles. The molecule has 3 aliphatic rings. The first kappa shape index (κ1) is 17.8. The first-order valence-corrected chi connectivity index (χ1v) is 9.29. The summed E-state index contributed by atoms with van der Waals surface area (Å²) >= 11 is 0. The number of benzene rings is 2. The van der Waals surface area contributed by atoms with Crippen molar-refractivity contribution >= 4 is 5.97 Å². The first-order chi connectivity index (χ1) is 14.0. The van der Waals surface area contributed by atoms with Crippen molar-refractivity contribution in [2.45, 2.75) is 12.3 Å². The number of phenolic OH excluding ortho intramolecular Hbond substituents is 2. The molecule has 0 spiro atoms. The Labute approximate surface area is 166 Å². The molecule has 8 nitrogen and oxygen atoms in total. The maximum atomic E-state index is 12.6. The largest absolute Gasteiger partial charge is 0.504 e. The standard InChI is InChI=1S/C21H20O8/c1-25-13-4-9(5-14(26-2)19(13)23)16-11-6-15-20(29-8-28-15)18(22)12(11)3-10-7-27-21(24)17(10)16/h4-6,10,16-17,22-23H,3,7-8H2,1-2H3/t10-,16-,17+/m0/s1. The third kappa shape index (κ3) is 2.48. The number of aromatic hydroxyl groups is 2. The van der Waals surface area contributed by atoms with Crippen LogP contribution in [0.25, 0.3) is 0 Å². The molecule has 29 heavy (non-hydrogen) atoms. The Morgan fingerprint density at radius 3 is 2.41 bits per heavy atom. The van der Waals surface area contributed by atoms with E-state index < -0.39 is 11.8 Å². The highest BCUT2D eigenvalue weighted by atomic mass is 16.7. The van der Waals surface area contributed by atoms with E-state index in [0.29, 0.717) is 35.7 Å². The number of rotatable bonds is 3. The molecule has 1 aliphatic carbocycles. The van der Waals surface area contributed by atoms with E-state index in [-0.39, 0.29) is 41.7 Å². The van der Waals surface area contributed by atoms with E-state index >= 15 is 0 Å². The zero-order valence-electron chi connectivity index (χ0n) is 15.9. The molecule has 0 unspecified atom stereocenters. The van der Waals surface area contributed by atoms with Crippen LogP contribution in [0.2, 0.25) is 0 Å². The molecule has 2 heterocycles. The summed E-state index contributed by atoms with van der Waals surface area (Å²) in [6.45, 7) is 0.325. The molecule has 0 amide bonds. The van der Waals surface area contributed by atoms with Crippen LogP contribution in [0.4, 0.5) is 0 Å². The SMILES string of the molecule is COc1cc([C@H]2c3cc4c(c(O)c3C[C@H]3COC(=O)[C@H]32)OCO4)cc(OC)c1O. The number of ether oxygens (including phenoxy) is 5. The topological polar surface area (TPSA) is 104 Å². The monoisotopic (exact) mass is 400 g/mol. The zero-order chi connectivity index (χ0) is 20.3. The maximum absolute atomic E-state index is 12.6. The van der Waals surface area contributed by atoms with Crippen molar-refractivity contribution in [2.24, 2.45) is 11.8 Å². The highest BCUT2D eigenvalue weighted by molar-refractivity contribution is 5.79. The Hall–Kier alpha value is -3.29. The molecule has 0 radical (unpaired) electrons. The van der Waals surface area contributed by atoms with E-state index in [1.807, 2.05) is 6.07 Å². The molecule has 8 heteroatoms. The van der Waals surface area contributed by atoms with Gasteiger partial charge in [-0.25, -0.2) is 0 Å². The molecule has 2 N–H and O–H groups in total. The van der Waals surface area contributed by atoms with Crippen LogP contribution in [0.15, 0.2) is 18.2 Å². The van der Waals surface area contributed by atoms with Gasteiger partial charge >= 0.3 is 5.97 Å². The summed E-state index contributed by atoms with van der Waals surface area (Å²) in [5.74, 6) is -0.0708. The van der Waals surface area contributed by atoms with Crippen LogP contribution in [-0.4, -0.2) is 43.8 Å². The summed E-state index contributed by atoms with van der Waals surface area (Å²) in [5, 5.41) is 21.1. The summed E-state index contributed by atoms with van der Waals surface area (Å²) in [4.78, 5) is 12.6. The van der Waals surface area contributed by atoms with E-state index in [2.05, 4.69) is 0 Å². The van der Waals surface area contributed by atoms with Crippen LogP contribution in [0.3, 0.4) is 0 Å². The fourth-order valence-electron chi connectivity index (χ4n) is 4.69. The zero-order valence-corrected chi connectivity index (χ0v) is 15.9. The lowest BCUT2D eigenvalue weighted by atomic mass is 9.67. The van der Waals surface area contributed by atoms with Crippen molar-refractivity contribution in [3.8, 4) is 34.5 Å². The van der Waals surface area contributed by atoms with Crippen LogP contribution in [0.5, 0.6) is 34.5 Å². The van der Waals surface area contributed by atoms with Gasteiger partial charge in [0.15, 0.2) is 23.0 Å². The van der Waals surface area contributed by atoms with Gasteiger partial charge in [0.25, 0.3) is 0 Å². The number of fused-ring (bicyclic) bond motifs is 3. The van der Waals surface area contributed by atoms with Gasteiger partial charge in [-0.05, 0) is 35.7 Å². The normalized spacial score (nSPS) is 23.9. The second-order valence-electron chi connectivity index (χ2n) is 7.40. The van der Waals surface area contributed by atoms with Crippen molar-refractivity contribution in [2.75, 3.05) is 27.6 Å². The quantitative estimate of drug-likeness (QED) is 0.757. The average molecular weight is 400 g/mol. The third-order valence-electron chi connectivity index (χ3n) is 6.02. The molecular formula is C21H20O8. The second-order valence-corrected chi connectivity index (χ2v) is 7.40. The van der Waals surface area contributed by atoms with Crippen LogP contribution < -0.4 is 18.9 Å². The predicted octanol–water partition coefficient (Wildman–Crippen LogP) is 2.32. The second kappa shape index (κ2) is 6.37. The molecule has 2 aromatic carbocycles. The van der Waals surface area contributed by atoms with Gasteiger partial charge in [-0.1, -0.05) is 0 Å². The highest BCUT2D eigenvalue weighted by Crippen LogP contribution is 2.55. The van der Waals surface area contributed by atoms with Crippen LogP contribution in [-0.2, 0) is 16.0 Å². The highest BCUT2D eigenvalue weighted by Gasteiger charge is 2.49. The number of carbonyl (C=O) groups excluding carboxylic acids is 1. The van der Waals surface area contributed by atoms with Gasteiger partial charge in [0.2, 0.25) is 18.3 Å². The van der Waals surface area contributed by atoms with E-state index in [1.165, 1.54) is 14.2 Å². The van der Waals surface area contributed by atoms with Gasteiger partial charge in [0.1, 0.15) is 0 Å². The summed E-state index contributed by atoms with van der Waals surface area (Å²) in [7, 11) is 2.90. The fraction of sp³-hybridized carbons (Fsp3) is 0.381. The molecular weight excluding hydrogens is 380 g/mol. The van der Waals surface area contributed by atoms with Crippen LogP contribution >= 0.6 is 0 Å². The van der Waals surface area contributed by atoms with Crippen molar-refractivity contribution < 1.29 is 38.7 Å². The number of phenols is 2. The summed E-state index contributed by atoms with van der Waals surface area (Å²) < 4.78 is 26.9. The lowest BCUT2D eigenvalue weighted by molar-refractivity contribution is -0.141. The summed E-state index contributed by atoms with van der Waals surface area (Å²) in [5.41, 5.74) is 2.19. The van der Waals surface area contributed by atoms with Crippen molar-refractivity contribution in [1.82, 2.24) is 0 Å². The molecule has 5 rings (SSSR count). The number of methoxy groups -OCH3 is 2. The van der Waals surface area contributed by atoms with Crippen molar-refractivity contribution in [3.63, 3.8) is 0 Å². The van der Waals surface area contributed by atoms with Gasteiger partial charge in [-0.3, -0.25) is 4.79 Å². The fourth-order valence-corrected chi connectivity index (χ4v) is 4.69. The van der Waals surface area contributed by atoms with Gasteiger partial charge in [-0.2, -0.15) is 0 Å². The van der Waals surface area contributed by atoms with Crippen molar-refractivity contribution in [3.05, 3.63) is 34.9 Å². The van der Waals surface area contributed by atoms with Crippen LogP contribution in [0, 0.1) is 11.8 Å². The molecule has 1 fully saturated rings. The average Bonchev–Trinajstić information content (AvgIpc) is 3.34. The summed E-state index contributed by atoms with van der Waals surface area (Å²) in [6, 6.07) is 5.18. The number of esters is 1. The minimum atomic E-state index is -0.429. The third-order valence-corrected chi connectivity index (χ3v) is 6.02. The van der Waals surface area contributed by atoms with Gasteiger partial charge in [0.05, 0.1) is 26.7 Å². The first-order valence-electron chi connectivity index (χ1n) is 9.29. The Bertz CT molecular complexity index is 989. The smallest absolute Gasteiger partial charge is 0.310 e. The lowest BCUT2D eigenvalue weighted by Gasteiger charge is -2.34. The number of hydrogen-bond acceptors (Lipinski definition) is 8. The number of hydrogen-bond donors (Lipinski definition) is 2. The molecule has 1 saturated heterocycles. The van der Waals surface area contributed by atoms with Gasteiger partial charge in [-0.15, -0.1) is 0 Å². The number of carbonyl (C=O) groups is 1. The Kier molecular flexibility index (Phi) is 3.90. The van der Waals surface area contributed by atoms with Crippen LogP contribution in [0.1, 0.15) is 22.6 Å². The molecule has 0 bridgehead atoms. The van der Waals surface area contributed by atoms with Crippen molar-refractivity contribution in [1.29, 1.82) is 0 Å². The Morgan fingerprint density at radius 1 is 1.00 bits per heavy atom. The molecule has 0 saturated carbocycles. The van der Waals surface area contributed by atoms with E-state index in [1.54, 1.807) is 12.1 Å². The van der Waals surface area contributed by atoms with E-state index in [0.717, 1.165) is 5.56 Å². The lowest BCUT2D eigenvalue weighted by Crippen LogP contribution is -2.31.